The first-order valence-corrected chi connectivity index (χ1v) is 11.1. The van der Waals surface area contributed by atoms with Crippen molar-refractivity contribution in [2.75, 3.05) is 13.2 Å². The standard InChI is InChI=1S/C24H28FN3O4/c1-3-11-26-23(31)22-17(13-29)16-12-27-19(21(16)28(22)20(30)4-2)10-9-15(24(27)32)14-7-5-6-8-18(14)25/h5-10,16-17,21-22,29H,3-4,11-13H2,1-2H3,(H,26,31)/t16-,17-,21+,22-/m1/s1. The fourth-order valence-corrected chi connectivity index (χ4v) is 5.19. The van der Waals surface area contributed by atoms with Crippen LogP contribution in [0.1, 0.15) is 38.4 Å². The summed E-state index contributed by atoms with van der Waals surface area (Å²) < 4.78 is 15.9. The number of rotatable bonds is 6. The van der Waals surface area contributed by atoms with E-state index in [1.54, 1.807) is 46.7 Å². The van der Waals surface area contributed by atoms with Crippen LogP contribution in [0.2, 0.25) is 0 Å². The highest BCUT2D eigenvalue weighted by Gasteiger charge is 2.56. The lowest BCUT2D eigenvalue weighted by atomic mass is 9.88. The van der Waals surface area contributed by atoms with E-state index in [2.05, 4.69) is 5.32 Å². The van der Waals surface area contributed by atoms with Crippen LogP contribution in [0.3, 0.4) is 0 Å². The second kappa shape index (κ2) is 8.86. The molecule has 0 radical (unpaired) electrons. The number of benzene rings is 1. The first-order chi connectivity index (χ1) is 15.4. The van der Waals surface area contributed by atoms with Gasteiger partial charge in [0.1, 0.15) is 11.9 Å². The third-order valence-corrected chi connectivity index (χ3v) is 6.65. The predicted octanol–water partition coefficient (Wildman–Crippen LogP) is 2.08. The molecule has 0 spiro atoms. The average molecular weight is 442 g/mol. The van der Waals surface area contributed by atoms with Gasteiger partial charge in [0, 0.05) is 49.2 Å². The Bertz CT molecular complexity index is 1100. The van der Waals surface area contributed by atoms with E-state index in [0.29, 0.717) is 12.2 Å². The molecule has 1 aromatic carbocycles. The number of aromatic nitrogens is 1. The Kier molecular flexibility index (Phi) is 6.15. The molecule has 32 heavy (non-hydrogen) atoms. The number of amides is 2. The molecule has 0 bridgehead atoms. The van der Waals surface area contributed by atoms with Gasteiger partial charge in [-0.05, 0) is 24.6 Å². The summed E-state index contributed by atoms with van der Waals surface area (Å²) in [6, 6.07) is 8.16. The second-order valence-corrected chi connectivity index (χ2v) is 8.41. The summed E-state index contributed by atoms with van der Waals surface area (Å²) in [5, 5.41) is 13.0. The number of aliphatic hydroxyl groups excluding tert-OH is 1. The van der Waals surface area contributed by atoms with Gasteiger partial charge in [-0.2, -0.15) is 0 Å². The van der Waals surface area contributed by atoms with Crippen LogP contribution in [-0.2, 0) is 16.1 Å². The lowest BCUT2D eigenvalue weighted by Crippen LogP contribution is -2.50. The van der Waals surface area contributed by atoms with E-state index in [9.17, 15) is 23.9 Å². The van der Waals surface area contributed by atoms with E-state index >= 15 is 0 Å². The fourth-order valence-electron chi connectivity index (χ4n) is 5.19. The van der Waals surface area contributed by atoms with Gasteiger partial charge in [0.05, 0.1) is 11.6 Å². The maximum atomic E-state index is 14.3. The van der Waals surface area contributed by atoms with Crippen molar-refractivity contribution in [1.29, 1.82) is 0 Å². The van der Waals surface area contributed by atoms with Crippen molar-refractivity contribution in [3.05, 3.63) is 58.3 Å². The normalized spacial score (nSPS) is 23.7. The zero-order chi connectivity index (χ0) is 23.0. The van der Waals surface area contributed by atoms with Gasteiger partial charge >= 0.3 is 0 Å². The number of carbonyl (C=O) groups is 2. The molecule has 7 nitrogen and oxygen atoms in total. The Hall–Kier alpha value is -3.00. The molecule has 2 aliphatic heterocycles. The molecule has 0 aliphatic carbocycles. The van der Waals surface area contributed by atoms with E-state index in [-0.39, 0.29) is 54.0 Å². The zero-order valence-electron chi connectivity index (χ0n) is 18.3. The number of pyridine rings is 1. The Morgan fingerprint density at radius 2 is 1.91 bits per heavy atom. The van der Waals surface area contributed by atoms with Crippen molar-refractivity contribution in [1.82, 2.24) is 14.8 Å². The summed E-state index contributed by atoms with van der Waals surface area (Å²) in [5.41, 5.74) is 0.751. The Morgan fingerprint density at radius 1 is 1.16 bits per heavy atom. The highest BCUT2D eigenvalue weighted by atomic mass is 19.1. The van der Waals surface area contributed by atoms with Crippen molar-refractivity contribution in [3.63, 3.8) is 0 Å². The Balaban J connectivity index is 1.80. The number of hydrogen-bond donors (Lipinski definition) is 2. The number of aliphatic hydroxyl groups is 1. The Morgan fingerprint density at radius 3 is 2.56 bits per heavy atom. The summed E-state index contributed by atoms with van der Waals surface area (Å²) >= 11 is 0. The summed E-state index contributed by atoms with van der Waals surface area (Å²) in [4.78, 5) is 40.8. The SMILES string of the molecule is CCCNC(=O)[C@H]1[C@H](CO)[C@H]2Cn3c(ccc(-c4ccccc4F)c3=O)[C@H]2N1C(=O)CC. The van der Waals surface area contributed by atoms with Gasteiger partial charge in [-0.3, -0.25) is 14.4 Å². The van der Waals surface area contributed by atoms with Gasteiger partial charge in [0.2, 0.25) is 11.8 Å². The number of carbonyl (C=O) groups excluding carboxylic acids is 2. The number of halogens is 1. The van der Waals surface area contributed by atoms with Crippen LogP contribution >= 0.6 is 0 Å². The topological polar surface area (TPSA) is 91.6 Å². The molecule has 4 atom stereocenters. The molecular weight excluding hydrogens is 413 g/mol. The summed E-state index contributed by atoms with van der Waals surface area (Å²) in [6.45, 7) is 4.14. The molecule has 4 rings (SSSR count). The van der Waals surface area contributed by atoms with E-state index in [0.717, 1.165) is 6.42 Å². The molecule has 2 aromatic rings. The minimum absolute atomic E-state index is 0.202. The summed E-state index contributed by atoms with van der Waals surface area (Å²) in [6.07, 6.45) is 0.963. The van der Waals surface area contributed by atoms with Gasteiger partial charge in [0.25, 0.3) is 5.56 Å². The van der Waals surface area contributed by atoms with Crippen molar-refractivity contribution in [2.45, 2.75) is 45.3 Å². The maximum Gasteiger partial charge on any atom is 0.258 e. The van der Waals surface area contributed by atoms with Crippen LogP contribution in [0.15, 0.2) is 41.2 Å². The monoisotopic (exact) mass is 441 g/mol. The van der Waals surface area contributed by atoms with E-state index in [1.807, 2.05) is 6.92 Å². The van der Waals surface area contributed by atoms with Crippen molar-refractivity contribution in [3.8, 4) is 11.1 Å². The molecule has 0 unspecified atom stereocenters. The quantitative estimate of drug-likeness (QED) is 0.718. The number of nitrogens with zero attached hydrogens (tertiary/aromatic N) is 2. The molecule has 1 aromatic heterocycles. The Labute approximate surface area is 185 Å². The van der Waals surface area contributed by atoms with Crippen molar-refractivity contribution in [2.24, 2.45) is 11.8 Å². The van der Waals surface area contributed by atoms with E-state index in [1.165, 1.54) is 6.07 Å². The van der Waals surface area contributed by atoms with Gasteiger partial charge in [-0.25, -0.2) is 4.39 Å². The van der Waals surface area contributed by atoms with E-state index < -0.39 is 23.8 Å². The largest absolute Gasteiger partial charge is 0.396 e. The third-order valence-electron chi connectivity index (χ3n) is 6.65. The smallest absolute Gasteiger partial charge is 0.258 e. The highest BCUT2D eigenvalue weighted by Crippen LogP contribution is 2.49. The molecule has 2 N–H and O–H groups in total. The maximum absolute atomic E-state index is 14.3. The summed E-state index contributed by atoms with van der Waals surface area (Å²) in [7, 11) is 0. The predicted molar refractivity (Wildman–Crippen MR) is 117 cm³/mol. The average Bonchev–Trinajstić information content (AvgIpc) is 3.33. The first kappa shape index (κ1) is 22.2. The van der Waals surface area contributed by atoms with Crippen LogP contribution in [0, 0.1) is 17.7 Å². The van der Waals surface area contributed by atoms with Gasteiger partial charge in [-0.1, -0.05) is 32.0 Å². The molecule has 1 fully saturated rings. The van der Waals surface area contributed by atoms with Crippen LogP contribution in [0.4, 0.5) is 4.39 Å². The second-order valence-electron chi connectivity index (χ2n) is 8.41. The van der Waals surface area contributed by atoms with Gasteiger partial charge in [-0.15, -0.1) is 0 Å². The zero-order valence-corrected chi connectivity index (χ0v) is 18.3. The van der Waals surface area contributed by atoms with Crippen LogP contribution < -0.4 is 10.9 Å². The molecule has 0 saturated carbocycles. The molecular formula is C24H28FN3O4. The van der Waals surface area contributed by atoms with Gasteiger partial charge in [0.15, 0.2) is 0 Å². The molecule has 1 saturated heterocycles. The van der Waals surface area contributed by atoms with Crippen molar-refractivity contribution < 1.29 is 19.1 Å². The van der Waals surface area contributed by atoms with Gasteiger partial charge < -0.3 is 19.9 Å². The highest BCUT2D eigenvalue weighted by molar-refractivity contribution is 5.89. The first-order valence-electron chi connectivity index (χ1n) is 11.1. The molecule has 2 amide bonds. The number of likely N-dealkylation sites (tertiary alicyclic amines) is 1. The van der Waals surface area contributed by atoms with Crippen molar-refractivity contribution >= 4 is 11.8 Å². The third kappa shape index (κ3) is 3.43. The number of fused-ring (bicyclic) bond motifs is 3. The molecule has 2 aliphatic rings. The molecule has 3 heterocycles. The van der Waals surface area contributed by atoms with Crippen LogP contribution in [0.5, 0.6) is 0 Å². The molecule has 8 heteroatoms. The number of nitrogens with one attached hydrogen (secondary N) is 1. The lowest BCUT2D eigenvalue weighted by Gasteiger charge is -2.30. The van der Waals surface area contributed by atoms with E-state index in [4.69, 9.17) is 0 Å². The van der Waals surface area contributed by atoms with Crippen LogP contribution in [0.25, 0.3) is 11.1 Å². The minimum atomic E-state index is -0.788. The number of hydrogen-bond acceptors (Lipinski definition) is 4. The minimum Gasteiger partial charge on any atom is -0.396 e. The molecule has 170 valence electrons. The summed E-state index contributed by atoms with van der Waals surface area (Å²) in [5.74, 6) is -1.74. The lowest BCUT2D eigenvalue weighted by molar-refractivity contribution is -0.141. The van der Waals surface area contributed by atoms with Crippen LogP contribution in [-0.4, -0.2) is 45.6 Å². The fraction of sp³-hybridized carbons (Fsp3) is 0.458.